The molecule has 0 radical (unpaired) electrons. The first-order chi connectivity index (χ1) is 8.46. The molecule has 0 aromatic heterocycles. The largest absolute Gasteiger partial charge is 0.381 e. The van der Waals surface area contributed by atoms with E-state index in [0.717, 1.165) is 32.5 Å². The van der Waals surface area contributed by atoms with E-state index in [-0.39, 0.29) is 11.3 Å². The second kappa shape index (κ2) is 9.34. The number of ether oxygens (including phenoxy) is 1. The number of hydrogen-bond acceptors (Lipinski definition) is 3. The van der Waals surface area contributed by atoms with Crippen LogP contribution in [0.25, 0.3) is 0 Å². The summed E-state index contributed by atoms with van der Waals surface area (Å²) in [5.41, 5.74) is 5.71. The lowest BCUT2D eigenvalue weighted by molar-refractivity contribution is -0.133. The van der Waals surface area contributed by atoms with Crippen LogP contribution in [-0.4, -0.2) is 43.7 Å². The molecule has 0 rings (SSSR count). The van der Waals surface area contributed by atoms with Gasteiger partial charge >= 0.3 is 0 Å². The summed E-state index contributed by atoms with van der Waals surface area (Å²) in [4.78, 5) is 14.0. The highest BCUT2D eigenvalue weighted by molar-refractivity contribution is 5.76. The van der Waals surface area contributed by atoms with Crippen molar-refractivity contribution in [1.82, 2.24) is 4.90 Å². The molecule has 0 aromatic rings. The molecule has 4 heteroatoms. The van der Waals surface area contributed by atoms with Gasteiger partial charge in [0.05, 0.1) is 13.0 Å². The van der Waals surface area contributed by atoms with Crippen molar-refractivity contribution >= 4 is 5.91 Å². The number of amides is 1. The molecule has 0 unspecified atom stereocenters. The fourth-order valence-electron chi connectivity index (χ4n) is 1.71. The average molecular weight is 258 g/mol. The van der Waals surface area contributed by atoms with Gasteiger partial charge in [0.25, 0.3) is 0 Å². The summed E-state index contributed by atoms with van der Waals surface area (Å²) in [6, 6.07) is 0. The predicted molar refractivity (Wildman–Crippen MR) is 75.4 cm³/mol. The topological polar surface area (TPSA) is 55.6 Å². The molecule has 0 aliphatic rings. The Morgan fingerprint density at radius 3 is 2.39 bits per heavy atom. The van der Waals surface area contributed by atoms with Crippen molar-refractivity contribution in [3.63, 3.8) is 0 Å². The van der Waals surface area contributed by atoms with Crippen molar-refractivity contribution in [2.24, 2.45) is 11.1 Å². The Kier molecular flexibility index (Phi) is 9.02. The minimum absolute atomic E-state index is 0.0187. The third-order valence-electron chi connectivity index (χ3n) is 2.83. The third-order valence-corrected chi connectivity index (χ3v) is 2.83. The van der Waals surface area contributed by atoms with E-state index >= 15 is 0 Å². The molecule has 4 nitrogen and oxygen atoms in total. The van der Waals surface area contributed by atoms with Crippen LogP contribution < -0.4 is 5.73 Å². The first kappa shape index (κ1) is 17.4. The van der Waals surface area contributed by atoms with Crippen LogP contribution in [0.15, 0.2) is 0 Å². The summed E-state index contributed by atoms with van der Waals surface area (Å²) >= 11 is 0. The lowest BCUT2D eigenvalue weighted by atomic mass is 9.93. The van der Waals surface area contributed by atoms with E-state index in [2.05, 4.69) is 27.7 Å². The van der Waals surface area contributed by atoms with Crippen LogP contribution >= 0.6 is 0 Å². The van der Waals surface area contributed by atoms with Crippen LogP contribution in [0.3, 0.4) is 0 Å². The molecule has 0 spiro atoms. The highest BCUT2D eigenvalue weighted by Crippen LogP contribution is 2.15. The number of carbonyl (C=O) groups is 1. The second-order valence-electron chi connectivity index (χ2n) is 5.55. The number of rotatable bonds is 10. The first-order valence-corrected chi connectivity index (χ1v) is 7.02. The molecule has 0 fully saturated rings. The Morgan fingerprint density at radius 2 is 1.89 bits per heavy atom. The highest BCUT2D eigenvalue weighted by Gasteiger charge is 2.22. The zero-order chi connectivity index (χ0) is 14.0. The Morgan fingerprint density at radius 1 is 1.22 bits per heavy atom. The molecule has 0 heterocycles. The van der Waals surface area contributed by atoms with Crippen molar-refractivity contribution in [3.05, 3.63) is 0 Å². The van der Waals surface area contributed by atoms with Gasteiger partial charge in [-0.05, 0) is 24.8 Å². The van der Waals surface area contributed by atoms with Crippen LogP contribution in [-0.2, 0) is 9.53 Å². The Bertz CT molecular complexity index is 230. The first-order valence-electron chi connectivity index (χ1n) is 7.02. The number of hydrogen-bond donors (Lipinski definition) is 1. The smallest absolute Gasteiger partial charge is 0.224 e. The quantitative estimate of drug-likeness (QED) is 0.610. The summed E-state index contributed by atoms with van der Waals surface area (Å²) in [5, 5.41) is 0. The number of carbonyl (C=O) groups excluding carboxylic acids is 1. The van der Waals surface area contributed by atoms with Gasteiger partial charge in [-0.1, -0.05) is 27.7 Å². The van der Waals surface area contributed by atoms with E-state index in [4.69, 9.17) is 10.5 Å². The zero-order valence-electron chi connectivity index (χ0n) is 12.5. The molecule has 0 aromatic carbocycles. The van der Waals surface area contributed by atoms with Gasteiger partial charge in [0.2, 0.25) is 5.91 Å². The maximum absolute atomic E-state index is 12.1. The predicted octanol–water partition coefficient (Wildman–Crippen LogP) is 2.03. The maximum atomic E-state index is 12.1. The van der Waals surface area contributed by atoms with E-state index < -0.39 is 0 Å². The normalized spacial score (nSPS) is 11.6. The third kappa shape index (κ3) is 7.67. The van der Waals surface area contributed by atoms with Crippen LogP contribution in [0.2, 0.25) is 0 Å². The van der Waals surface area contributed by atoms with Crippen LogP contribution in [0.1, 0.15) is 47.0 Å². The minimum atomic E-state index is -0.0187. The van der Waals surface area contributed by atoms with Crippen LogP contribution in [0, 0.1) is 5.41 Å². The van der Waals surface area contributed by atoms with Gasteiger partial charge in [0, 0.05) is 19.7 Å². The van der Waals surface area contributed by atoms with Crippen molar-refractivity contribution in [2.45, 2.75) is 47.0 Å². The summed E-state index contributed by atoms with van der Waals surface area (Å²) in [6.45, 7) is 11.7. The Labute approximate surface area is 112 Å². The van der Waals surface area contributed by atoms with Crippen molar-refractivity contribution < 1.29 is 9.53 Å². The summed E-state index contributed by atoms with van der Waals surface area (Å²) in [6.07, 6.45) is 2.44. The molecule has 108 valence electrons. The average Bonchev–Trinajstić information content (AvgIpc) is 2.33. The van der Waals surface area contributed by atoms with Gasteiger partial charge in [-0.3, -0.25) is 4.79 Å². The number of nitrogens with two attached hydrogens (primary N) is 1. The maximum Gasteiger partial charge on any atom is 0.224 e. The molecule has 2 N–H and O–H groups in total. The van der Waals surface area contributed by atoms with E-state index in [1.54, 1.807) is 0 Å². The lowest BCUT2D eigenvalue weighted by Crippen LogP contribution is -2.42. The van der Waals surface area contributed by atoms with E-state index in [9.17, 15) is 4.79 Å². The minimum Gasteiger partial charge on any atom is -0.381 e. The molecular weight excluding hydrogens is 228 g/mol. The van der Waals surface area contributed by atoms with Gasteiger partial charge in [-0.2, -0.15) is 0 Å². The van der Waals surface area contributed by atoms with Gasteiger partial charge in [-0.25, -0.2) is 0 Å². The zero-order valence-corrected chi connectivity index (χ0v) is 12.5. The van der Waals surface area contributed by atoms with Crippen molar-refractivity contribution in [3.8, 4) is 0 Å². The summed E-state index contributed by atoms with van der Waals surface area (Å²) in [5.74, 6) is 0.175. The molecule has 18 heavy (non-hydrogen) atoms. The molecule has 0 bridgehead atoms. The van der Waals surface area contributed by atoms with Gasteiger partial charge in [0.1, 0.15) is 0 Å². The van der Waals surface area contributed by atoms with Crippen LogP contribution in [0.4, 0.5) is 0 Å². The van der Waals surface area contributed by atoms with Gasteiger partial charge in [-0.15, -0.1) is 0 Å². The van der Waals surface area contributed by atoms with Crippen molar-refractivity contribution in [2.75, 3.05) is 32.8 Å². The SMILES string of the molecule is CCCOCCC(=O)N(CCC)CC(C)(C)CN. The molecule has 0 aliphatic carbocycles. The Hall–Kier alpha value is -0.610. The lowest BCUT2D eigenvalue weighted by Gasteiger charge is -2.31. The van der Waals surface area contributed by atoms with E-state index in [0.29, 0.717) is 19.6 Å². The van der Waals surface area contributed by atoms with Gasteiger partial charge < -0.3 is 15.4 Å². The second-order valence-corrected chi connectivity index (χ2v) is 5.55. The Balaban J connectivity index is 4.18. The molecule has 1 amide bonds. The van der Waals surface area contributed by atoms with E-state index in [1.807, 2.05) is 4.90 Å². The molecule has 0 saturated carbocycles. The number of nitrogens with zero attached hydrogens (tertiary/aromatic N) is 1. The fourth-order valence-corrected chi connectivity index (χ4v) is 1.71. The van der Waals surface area contributed by atoms with E-state index in [1.165, 1.54) is 0 Å². The standard InChI is InChI=1S/C14H30N2O2/c1-5-8-16(12-14(3,4)11-15)13(17)7-10-18-9-6-2/h5-12,15H2,1-4H3. The monoisotopic (exact) mass is 258 g/mol. The molecule has 0 saturated heterocycles. The van der Waals surface area contributed by atoms with Crippen molar-refractivity contribution in [1.29, 1.82) is 0 Å². The fraction of sp³-hybridized carbons (Fsp3) is 0.929. The molecule has 0 aliphatic heterocycles. The van der Waals surface area contributed by atoms with Gasteiger partial charge in [0.15, 0.2) is 0 Å². The van der Waals surface area contributed by atoms with Crippen LogP contribution in [0.5, 0.6) is 0 Å². The highest BCUT2D eigenvalue weighted by atomic mass is 16.5. The molecule has 0 atom stereocenters. The summed E-state index contributed by atoms with van der Waals surface area (Å²) in [7, 11) is 0. The summed E-state index contributed by atoms with van der Waals surface area (Å²) < 4.78 is 5.37. The molecular formula is C14H30N2O2.